The second-order valence-electron chi connectivity index (χ2n) is 9.55. The van der Waals surface area contributed by atoms with Crippen LogP contribution in [0.1, 0.15) is 58.9 Å². The van der Waals surface area contributed by atoms with Crippen molar-refractivity contribution in [3.8, 4) is 5.75 Å². The van der Waals surface area contributed by atoms with Gasteiger partial charge in [-0.15, -0.1) is 0 Å². The number of phenols is 1. The number of rotatable bonds is 16. The first kappa shape index (κ1) is 32.4. The van der Waals surface area contributed by atoms with Crippen LogP contribution in [0.4, 0.5) is 0 Å². The number of hydrogen-bond donors (Lipinski definition) is 7. The van der Waals surface area contributed by atoms with Gasteiger partial charge in [0.15, 0.2) is 0 Å². The van der Waals surface area contributed by atoms with Crippen molar-refractivity contribution in [2.45, 2.75) is 84.0 Å². The number of amides is 3. The minimum atomic E-state index is -1.19. The zero-order chi connectivity index (χ0) is 29.0. The molecule has 12 nitrogen and oxygen atoms in total. The van der Waals surface area contributed by atoms with E-state index in [0.717, 1.165) is 0 Å². The molecular formula is C26H40N4O8. The molecule has 0 radical (unpaired) electrons. The van der Waals surface area contributed by atoms with Gasteiger partial charge in [0.1, 0.15) is 23.9 Å². The van der Waals surface area contributed by atoms with Crippen molar-refractivity contribution in [2.24, 2.45) is 17.6 Å². The van der Waals surface area contributed by atoms with Crippen LogP contribution < -0.4 is 21.7 Å². The fourth-order valence-corrected chi connectivity index (χ4v) is 3.65. The number of aromatic hydroxyl groups is 1. The van der Waals surface area contributed by atoms with Gasteiger partial charge in [0.05, 0.1) is 6.04 Å². The quantitative estimate of drug-likeness (QED) is 0.159. The van der Waals surface area contributed by atoms with E-state index in [-0.39, 0.29) is 36.8 Å². The number of benzene rings is 1. The van der Waals surface area contributed by atoms with Crippen molar-refractivity contribution in [1.82, 2.24) is 16.0 Å². The van der Waals surface area contributed by atoms with E-state index in [2.05, 4.69) is 16.0 Å². The van der Waals surface area contributed by atoms with Crippen molar-refractivity contribution in [2.75, 3.05) is 0 Å². The largest absolute Gasteiger partial charge is 0.508 e. The number of phenolic OH excluding ortho intramolecular Hbond substituents is 1. The SMILES string of the molecule is CCC(C)C(NC(=O)C(NC(=O)C(Cc1ccc(O)cc1)NC(=O)C(N)CCC(=O)O)C(C)CC)C(=O)O. The van der Waals surface area contributed by atoms with Gasteiger partial charge in [0.25, 0.3) is 0 Å². The fourth-order valence-electron chi connectivity index (χ4n) is 3.65. The van der Waals surface area contributed by atoms with E-state index in [0.29, 0.717) is 18.4 Å². The molecule has 12 heteroatoms. The monoisotopic (exact) mass is 536 g/mol. The standard InChI is InChI=1S/C26H40N4O8/c1-5-14(3)21(25(36)30-22(26(37)38)15(4)6-2)29-24(35)19(13-16-7-9-17(31)10-8-16)28-23(34)18(27)11-12-20(32)33/h7-10,14-15,18-19,21-22,31H,5-6,11-13,27H2,1-4H3,(H,28,34)(H,29,35)(H,30,36)(H,32,33)(H,37,38). The van der Waals surface area contributed by atoms with Crippen LogP contribution in [0.2, 0.25) is 0 Å². The summed E-state index contributed by atoms with van der Waals surface area (Å²) in [4.78, 5) is 61.7. The summed E-state index contributed by atoms with van der Waals surface area (Å²) in [6, 6.07) is 1.37. The molecule has 0 heterocycles. The summed E-state index contributed by atoms with van der Waals surface area (Å²) >= 11 is 0. The lowest BCUT2D eigenvalue weighted by molar-refractivity contribution is -0.144. The van der Waals surface area contributed by atoms with Gasteiger partial charge in [-0.3, -0.25) is 19.2 Å². The highest BCUT2D eigenvalue weighted by Gasteiger charge is 2.34. The Hall–Kier alpha value is -3.67. The smallest absolute Gasteiger partial charge is 0.326 e. The van der Waals surface area contributed by atoms with Crippen LogP contribution in [0.5, 0.6) is 5.75 Å². The maximum atomic E-state index is 13.4. The first-order valence-electron chi connectivity index (χ1n) is 12.7. The lowest BCUT2D eigenvalue weighted by atomic mass is 9.94. The third-order valence-corrected chi connectivity index (χ3v) is 6.59. The van der Waals surface area contributed by atoms with E-state index < -0.39 is 53.8 Å². The number of carbonyl (C=O) groups excluding carboxylic acids is 3. The molecule has 0 bridgehead atoms. The number of carbonyl (C=O) groups is 5. The van der Waals surface area contributed by atoms with E-state index in [9.17, 15) is 34.2 Å². The Labute approximate surface area is 222 Å². The Balaban J connectivity index is 3.17. The molecule has 1 aromatic carbocycles. The number of hydrogen-bond acceptors (Lipinski definition) is 7. The molecule has 0 fully saturated rings. The minimum absolute atomic E-state index is 0.0109. The van der Waals surface area contributed by atoms with Gasteiger partial charge in [-0.2, -0.15) is 0 Å². The summed E-state index contributed by atoms with van der Waals surface area (Å²) in [6.07, 6.45) is 0.525. The number of aliphatic carboxylic acids is 2. The summed E-state index contributed by atoms with van der Waals surface area (Å²) in [7, 11) is 0. The topological polar surface area (TPSA) is 208 Å². The van der Waals surface area contributed by atoms with Crippen LogP contribution in [0, 0.1) is 11.8 Å². The zero-order valence-electron chi connectivity index (χ0n) is 22.3. The Morgan fingerprint density at radius 2 is 1.34 bits per heavy atom. The van der Waals surface area contributed by atoms with Crippen molar-refractivity contribution < 1.29 is 39.3 Å². The molecule has 8 N–H and O–H groups in total. The van der Waals surface area contributed by atoms with E-state index >= 15 is 0 Å². The summed E-state index contributed by atoms with van der Waals surface area (Å²) in [6.45, 7) is 7.06. The molecule has 6 atom stereocenters. The van der Waals surface area contributed by atoms with E-state index in [1.165, 1.54) is 12.1 Å². The molecule has 1 aromatic rings. The molecule has 0 spiro atoms. The highest BCUT2D eigenvalue weighted by atomic mass is 16.4. The molecular weight excluding hydrogens is 496 g/mol. The predicted octanol–water partition coefficient (Wildman–Crippen LogP) is 0.758. The third-order valence-electron chi connectivity index (χ3n) is 6.59. The first-order chi connectivity index (χ1) is 17.8. The lowest BCUT2D eigenvalue weighted by Crippen LogP contribution is -2.59. The van der Waals surface area contributed by atoms with Crippen LogP contribution in [0.15, 0.2) is 24.3 Å². The Kier molecular flexibility index (Phi) is 13.2. The average Bonchev–Trinajstić information content (AvgIpc) is 2.88. The minimum Gasteiger partial charge on any atom is -0.508 e. The predicted molar refractivity (Wildman–Crippen MR) is 139 cm³/mol. The molecule has 0 aliphatic rings. The van der Waals surface area contributed by atoms with Crippen LogP contribution in [0.3, 0.4) is 0 Å². The second kappa shape index (κ2) is 15.6. The summed E-state index contributed by atoms with van der Waals surface area (Å²) in [5.41, 5.74) is 6.40. The van der Waals surface area contributed by atoms with Crippen LogP contribution >= 0.6 is 0 Å². The number of carboxylic acid groups (broad SMARTS) is 2. The van der Waals surface area contributed by atoms with Crippen LogP contribution in [0.25, 0.3) is 0 Å². The van der Waals surface area contributed by atoms with Gasteiger partial charge in [0.2, 0.25) is 17.7 Å². The van der Waals surface area contributed by atoms with Gasteiger partial charge in [0, 0.05) is 12.8 Å². The van der Waals surface area contributed by atoms with Crippen molar-refractivity contribution in [3.63, 3.8) is 0 Å². The Morgan fingerprint density at radius 1 is 0.816 bits per heavy atom. The van der Waals surface area contributed by atoms with E-state index in [1.54, 1.807) is 32.9 Å². The number of nitrogens with one attached hydrogen (secondary N) is 3. The van der Waals surface area contributed by atoms with Crippen molar-refractivity contribution in [1.29, 1.82) is 0 Å². The van der Waals surface area contributed by atoms with Crippen LogP contribution in [-0.2, 0) is 30.4 Å². The van der Waals surface area contributed by atoms with Crippen LogP contribution in [-0.4, -0.2) is 69.1 Å². The fraction of sp³-hybridized carbons (Fsp3) is 0.577. The van der Waals surface area contributed by atoms with Gasteiger partial charge < -0.3 is 37.0 Å². The van der Waals surface area contributed by atoms with Gasteiger partial charge in [-0.1, -0.05) is 52.7 Å². The normalized spacial score (nSPS) is 15.7. The molecule has 3 amide bonds. The average molecular weight is 537 g/mol. The molecule has 38 heavy (non-hydrogen) atoms. The molecule has 0 aliphatic heterocycles. The molecule has 212 valence electrons. The molecule has 0 aliphatic carbocycles. The lowest BCUT2D eigenvalue weighted by Gasteiger charge is -2.29. The van der Waals surface area contributed by atoms with Crippen molar-refractivity contribution in [3.05, 3.63) is 29.8 Å². The summed E-state index contributed by atoms with van der Waals surface area (Å²) in [5, 5.41) is 35.7. The maximum Gasteiger partial charge on any atom is 0.326 e. The third kappa shape index (κ3) is 10.4. The van der Waals surface area contributed by atoms with Gasteiger partial charge in [-0.25, -0.2) is 4.79 Å². The highest BCUT2D eigenvalue weighted by molar-refractivity contribution is 5.94. The molecule has 0 aromatic heterocycles. The summed E-state index contributed by atoms with van der Waals surface area (Å²) < 4.78 is 0. The number of nitrogens with two attached hydrogens (primary N) is 1. The van der Waals surface area contributed by atoms with Gasteiger partial charge in [-0.05, 0) is 36.0 Å². The van der Waals surface area contributed by atoms with Crippen molar-refractivity contribution >= 4 is 29.7 Å². The highest BCUT2D eigenvalue weighted by Crippen LogP contribution is 2.15. The maximum absolute atomic E-state index is 13.4. The van der Waals surface area contributed by atoms with E-state index in [1.807, 2.05) is 6.92 Å². The zero-order valence-corrected chi connectivity index (χ0v) is 22.3. The van der Waals surface area contributed by atoms with Gasteiger partial charge >= 0.3 is 11.9 Å². The molecule has 0 saturated carbocycles. The molecule has 0 saturated heterocycles. The molecule has 6 unspecified atom stereocenters. The number of carboxylic acids is 2. The first-order valence-corrected chi connectivity index (χ1v) is 12.7. The molecule has 1 rings (SSSR count). The second-order valence-corrected chi connectivity index (χ2v) is 9.55. The Morgan fingerprint density at radius 3 is 1.84 bits per heavy atom. The Bertz CT molecular complexity index is 968. The van der Waals surface area contributed by atoms with E-state index in [4.69, 9.17) is 10.8 Å². The summed E-state index contributed by atoms with van der Waals surface area (Å²) in [5.74, 6) is -5.11.